The van der Waals surface area contributed by atoms with E-state index in [1.807, 2.05) is 57.6 Å². The number of nitrogens with zero attached hydrogens (tertiary/aromatic N) is 5. The molecule has 3 heterocycles. The van der Waals surface area contributed by atoms with Gasteiger partial charge in [-0.1, -0.05) is 73.1 Å². The van der Waals surface area contributed by atoms with Gasteiger partial charge in [0.15, 0.2) is 5.82 Å². The number of H-pyrrole nitrogens is 1. The predicted molar refractivity (Wildman–Crippen MR) is 165 cm³/mol. The maximum Gasteiger partial charge on any atom is 0.439 e. The van der Waals surface area contributed by atoms with Crippen LogP contribution in [0.5, 0.6) is 0 Å². The quantitative estimate of drug-likeness (QED) is 0.213. The molecule has 11 heteroatoms. The molecular weight excluding hydrogens is 560 g/mol. The Labute approximate surface area is 253 Å². The lowest BCUT2D eigenvalue weighted by molar-refractivity contribution is -0.0158. The summed E-state index contributed by atoms with van der Waals surface area (Å²) in [7, 11) is 0. The summed E-state index contributed by atoms with van der Waals surface area (Å²) >= 11 is 0. The predicted octanol–water partition coefficient (Wildman–Crippen LogP) is 4.49. The fraction of sp³-hybridized carbons (Fsp3) is 0.364. The molecule has 1 aliphatic carbocycles. The molecule has 1 unspecified atom stereocenters. The average molecular weight is 597 g/mol. The number of nitrogens with one attached hydrogen (secondary N) is 1. The maximum absolute atomic E-state index is 14.3. The third-order valence-corrected chi connectivity index (χ3v) is 8.36. The Morgan fingerprint density at radius 3 is 2.55 bits per heavy atom. The lowest BCUT2D eigenvalue weighted by Gasteiger charge is -2.31. The molecule has 0 spiro atoms. The number of fused-ring (bicyclic) bond motifs is 1. The fourth-order valence-corrected chi connectivity index (χ4v) is 6.14. The lowest BCUT2D eigenvalue weighted by atomic mass is 9.92. The smallest absolute Gasteiger partial charge is 0.387 e. The van der Waals surface area contributed by atoms with Gasteiger partial charge < -0.3 is 9.84 Å². The van der Waals surface area contributed by atoms with Crippen LogP contribution in [-0.2, 0) is 17.6 Å². The second kappa shape index (κ2) is 12.9. The number of aliphatic hydroxyl groups excluding tert-OH is 1. The van der Waals surface area contributed by atoms with Gasteiger partial charge in [0, 0.05) is 23.6 Å². The monoisotopic (exact) mass is 596 g/mol. The zero-order valence-electron chi connectivity index (χ0n) is 24.7. The normalized spacial score (nSPS) is 17.6. The van der Waals surface area contributed by atoms with E-state index >= 15 is 0 Å². The number of hydrogen-bond acceptors (Lipinski definition) is 8. The molecule has 1 fully saturated rings. The van der Waals surface area contributed by atoms with Crippen LogP contribution in [0.4, 0.5) is 0 Å². The van der Waals surface area contributed by atoms with Crippen LogP contribution in [0.1, 0.15) is 61.9 Å². The van der Waals surface area contributed by atoms with Crippen LogP contribution in [0.3, 0.4) is 0 Å². The first-order chi connectivity index (χ1) is 21.5. The molecule has 0 radical (unpaired) electrons. The van der Waals surface area contributed by atoms with E-state index in [0.717, 1.165) is 65.6 Å². The van der Waals surface area contributed by atoms with Crippen LogP contribution in [0.2, 0.25) is 0 Å². The number of aromatic nitrogens is 6. The Morgan fingerprint density at radius 2 is 1.86 bits per heavy atom. The van der Waals surface area contributed by atoms with Crippen LogP contribution < -0.4 is 11.3 Å². The SMILES string of the molecule is C=CC(O)COC1CCC(n2c(=O)c(Cc3ccc(-c4ccccc4-c4noc(=O)[nH]4)cc3)c(CCC)n3ncnc23)CC1. The van der Waals surface area contributed by atoms with Gasteiger partial charge in [-0.15, -0.1) is 6.58 Å². The number of benzene rings is 2. The molecule has 1 saturated carbocycles. The Balaban J connectivity index is 1.30. The van der Waals surface area contributed by atoms with E-state index in [4.69, 9.17) is 9.26 Å². The zero-order valence-corrected chi connectivity index (χ0v) is 24.7. The molecule has 5 aromatic rings. The highest BCUT2D eigenvalue weighted by Crippen LogP contribution is 2.32. The third-order valence-electron chi connectivity index (χ3n) is 8.36. The van der Waals surface area contributed by atoms with Crippen molar-refractivity contribution in [1.29, 1.82) is 0 Å². The highest BCUT2D eigenvalue weighted by Gasteiger charge is 2.28. The molecule has 1 atom stereocenters. The molecule has 1 aliphatic rings. The highest BCUT2D eigenvalue weighted by atomic mass is 16.5. The van der Waals surface area contributed by atoms with E-state index in [-0.39, 0.29) is 24.3 Å². The number of hydrogen-bond donors (Lipinski definition) is 2. The van der Waals surface area contributed by atoms with Gasteiger partial charge in [0.2, 0.25) is 5.78 Å². The second-order valence-corrected chi connectivity index (χ2v) is 11.3. The minimum Gasteiger partial charge on any atom is -0.387 e. The summed E-state index contributed by atoms with van der Waals surface area (Å²) in [5, 5.41) is 18.2. The molecule has 3 aromatic heterocycles. The number of aromatic amines is 1. The van der Waals surface area contributed by atoms with Gasteiger partial charge >= 0.3 is 5.76 Å². The number of aliphatic hydroxyl groups is 1. The van der Waals surface area contributed by atoms with Crippen LogP contribution in [0.25, 0.3) is 28.3 Å². The molecule has 0 aliphatic heterocycles. The minimum absolute atomic E-state index is 0.0188. The van der Waals surface area contributed by atoms with Gasteiger partial charge in [0.25, 0.3) is 5.56 Å². The van der Waals surface area contributed by atoms with Gasteiger partial charge in [0.05, 0.1) is 24.5 Å². The van der Waals surface area contributed by atoms with Crippen LogP contribution in [0, 0.1) is 0 Å². The standard InChI is InChI=1S/C33H36N6O5/c1-3-7-29-28(18-21-10-12-22(13-11-21)26-8-5-6-9-27(26)30-36-33(42)44-37-30)31(41)38(32-34-20-35-39(29)32)23-14-16-25(17-15-23)43-19-24(40)4-2/h4-6,8-13,20,23-25,40H,2-3,7,14-19H2,1H3,(H,36,37,42). The van der Waals surface area contributed by atoms with Crippen molar-refractivity contribution in [2.45, 2.75) is 70.1 Å². The Bertz CT molecular complexity index is 1860. The summed E-state index contributed by atoms with van der Waals surface area (Å²) in [4.78, 5) is 33.0. The molecule has 6 rings (SSSR count). The molecule has 11 nitrogen and oxygen atoms in total. The summed E-state index contributed by atoms with van der Waals surface area (Å²) in [6.07, 6.45) is 7.51. The summed E-state index contributed by atoms with van der Waals surface area (Å²) in [6, 6.07) is 15.7. The van der Waals surface area contributed by atoms with Crippen molar-refractivity contribution in [1.82, 2.24) is 29.3 Å². The molecule has 0 bridgehead atoms. The summed E-state index contributed by atoms with van der Waals surface area (Å²) in [5.74, 6) is 0.342. The summed E-state index contributed by atoms with van der Waals surface area (Å²) in [6.45, 7) is 5.93. The van der Waals surface area contributed by atoms with Gasteiger partial charge in [-0.2, -0.15) is 10.1 Å². The van der Waals surface area contributed by atoms with Crippen molar-refractivity contribution < 1.29 is 14.4 Å². The number of ether oxygens (including phenoxy) is 1. The van der Waals surface area contributed by atoms with E-state index in [9.17, 15) is 14.7 Å². The Morgan fingerprint density at radius 1 is 1.11 bits per heavy atom. The summed E-state index contributed by atoms with van der Waals surface area (Å²) < 4.78 is 14.3. The number of rotatable bonds is 11. The molecular formula is C33H36N6O5. The second-order valence-electron chi connectivity index (χ2n) is 11.3. The van der Waals surface area contributed by atoms with Gasteiger partial charge in [-0.25, -0.2) is 9.31 Å². The zero-order chi connectivity index (χ0) is 30.6. The Kier molecular flexibility index (Phi) is 8.67. The van der Waals surface area contributed by atoms with Gasteiger partial charge in [-0.05, 0) is 48.8 Å². The van der Waals surface area contributed by atoms with Crippen molar-refractivity contribution in [2.24, 2.45) is 0 Å². The average Bonchev–Trinajstić information content (AvgIpc) is 3.72. The van der Waals surface area contributed by atoms with Crippen molar-refractivity contribution in [3.8, 4) is 22.5 Å². The lowest BCUT2D eigenvalue weighted by Crippen LogP contribution is -2.35. The first kappa shape index (κ1) is 29.5. The van der Waals surface area contributed by atoms with Crippen LogP contribution in [-0.4, -0.2) is 53.2 Å². The van der Waals surface area contributed by atoms with E-state index in [1.165, 1.54) is 12.4 Å². The molecule has 2 N–H and O–H groups in total. The first-order valence-electron chi connectivity index (χ1n) is 15.1. The Hall–Kier alpha value is -4.61. The third kappa shape index (κ3) is 5.93. The molecule has 0 saturated heterocycles. The van der Waals surface area contributed by atoms with E-state index in [2.05, 4.69) is 33.7 Å². The largest absolute Gasteiger partial charge is 0.439 e. The maximum atomic E-state index is 14.3. The number of aryl methyl sites for hydroxylation is 1. The highest BCUT2D eigenvalue weighted by molar-refractivity contribution is 5.80. The van der Waals surface area contributed by atoms with Crippen molar-refractivity contribution >= 4 is 5.78 Å². The molecule has 0 amide bonds. The van der Waals surface area contributed by atoms with E-state index < -0.39 is 11.9 Å². The first-order valence-corrected chi connectivity index (χ1v) is 15.1. The summed E-state index contributed by atoms with van der Waals surface area (Å²) in [5.41, 5.74) is 5.20. The molecule has 228 valence electrons. The van der Waals surface area contributed by atoms with Gasteiger partial charge in [-0.3, -0.25) is 18.9 Å². The van der Waals surface area contributed by atoms with E-state index in [0.29, 0.717) is 24.4 Å². The fourth-order valence-electron chi connectivity index (χ4n) is 6.14. The van der Waals surface area contributed by atoms with Crippen molar-refractivity contribution in [3.05, 3.63) is 105 Å². The van der Waals surface area contributed by atoms with Crippen LogP contribution >= 0.6 is 0 Å². The van der Waals surface area contributed by atoms with Crippen molar-refractivity contribution in [2.75, 3.05) is 6.61 Å². The van der Waals surface area contributed by atoms with Crippen LogP contribution in [0.15, 0.2) is 81.6 Å². The van der Waals surface area contributed by atoms with Gasteiger partial charge in [0.1, 0.15) is 6.33 Å². The molecule has 2 aromatic carbocycles. The molecule has 44 heavy (non-hydrogen) atoms. The minimum atomic E-state index is -0.678. The van der Waals surface area contributed by atoms with Crippen molar-refractivity contribution in [3.63, 3.8) is 0 Å². The topological polar surface area (TPSA) is 141 Å². The van der Waals surface area contributed by atoms with E-state index in [1.54, 1.807) is 0 Å².